The van der Waals surface area contributed by atoms with E-state index in [4.69, 9.17) is 4.52 Å². The molecule has 0 saturated heterocycles. The van der Waals surface area contributed by atoms with Gasteiger partial charge in [-0.1, -0.05) is 47.1 Å². The van der Waals surface area contributed by atoms with Gasteiger partial charge in [0.1, 0.15) is 0 Å². The number of hydrogen-bond acceptors (Lipinski definition) is 3. The molecule has 0 bridgehead atoms. The zero-order valence-electron chi connectivity index (χ0n) is 13.4. The minimum Gasteiger partial charge on any atom is -0.355 e. The van der Waals surface area contributed by atoms with E-state index in [0.29, 0.717) is 5.76 Å². The van der Waals surface area contributed by atoms with Crippen LogP contribution in [0.25, 0.3) is 11.3 Å². The van der Waals surface area contributed by atoms with Gasteiger partial charge in [-0.3, -0.25) is 4.79 Å². The number of aromatic nitrogens is 1. The molecule has 1 amide bonds. The van der Waals surface area contributed by atoms with Gasteiger partial charge in [-0.25, -0.2) is 0 Å². The van der Waals surface area contributed by atoms with Gasteiger partial charge >= 0.3 is 0 Å². The zero-order valence-corrected chi connectivity index (χ0v) is 13.4. The average Bonchev–Trinajstić information content (AvgIpc) is 3.01. The van der Waals surface area contributed by atoms with Crippen molar-refractivity contribution in [2.45, 2.75) is 20.8 Å². The predicted octanol–water partition coefficient (Wildman–Crippen LogP) is 4.52. The maximum absolute atomic E-state index is 12.4. The van der Waals surface area contributed by atoms with E-state index < -0.39 is 0 Å². The van der Waals surface area contributed by atoms with Crippen LogP contribution in [0.2, 0.25) is 0 Å². The fourth-order valence-electron chi connectivity index (χ4n) is 2.51. The van der Waals surface area contributed by atoms with Gasteiger partial charge in [-0.2, -0.15) is 0 Å². The number of carbonyl (C=O) groups excluding carboxylic acids is 1. The Kier molecular flexibility index (Phi) is 3.98. The third-order valence-corrected chi connectivity index (χ3v) is 3.77. The molecule has 4 nitrogen and oxygen atoms in total. The summed E-state index contributed by atoms with van der Waals surface area (Å²) < 4.78 is 5.31. The average molecular weight is 306 g/mol. The number of aryl methyl sites for hydroxylation is 3. The molecule has 0 unspecified atom stereocenters. The highest BCUT2D eigenvalue weighted by atomic mass is 16.5. The fraction of sp³-hybridized carbons (Fsp3) is 0.158. The summed E-state index contributed by atoms with van der Waals surface area (Å²) >= 11 is 0. The van der Waals surface area contributed by atoms with Crippen LogP contribution in [0.5, 0.6) is 0 Å². The third kappa shape index (κ3) is 3.16. The van der Waals surface area contributed by atoms with Crippen molar-refractivity contribution in [2.24, 2.45) is 0 Å². The number of nitrogens with zero attached hydrogens (tertiary/aromatic N) is 1. The van der Waals surface area contributed by atoms with Crippen molar-refractivity contribution in [3.05, 3.63) is 70.9 Å². The van der Waals surface area contributed by atoms with Crippen molar-refractivity contribution in [3.63, 3.8) is 0 Å². The van der Waals surface area contributed by atoms with Crippen molar-refractivity contribution in [1.82, 2.24) is 5.16 Å². The van der Waals surface area contributed by atoms with Gasteiger partial charge < -0.3 is 9.84 Å². The lowest BCUT2D eigenvalue weighted by Crippen LogP contribution is -2.14. The van der Waals surface area contributed by atoms with Crippen LogP contribution < -0.4 is 5.32 Å². The molecular formula is C19H18N2O2. The highest BCUT2D eigenvalue weighted by Gasteiger charge is 2.15. The van der Waals surface area contributed by atoms with Crippen molar-refractivity contribution >= 4 is 11.6 Å². The van der Waals surface area contributed by atoms with E-state index in [9.17, 15) is 4.79 Å². The molecule has 3 aromatic rings. The Morgan fingerprint density at radius 2 is 1.70 bits per heavy atom. The summed E-state index contributed by atoms with van der Waals surface area (Å²) in [6, 6.07) is 15.4. The summed E-state index contributed by atoms with van der Waals surface area (Å²) in [5.41, 5.74) is 5.15. The molecule has 1 heterocycles. The van der Waals surface area contributed by atoms with Crippen LogP contribution in [-0.2, 0) is 0 Å². The molecule has 23 heavy (non-hydrogen) atoms. The van der Waals surface area contributed by atoms with Crippen molar-refractivity contribution in [1.29, 1.82) is 0 Å². The molecule has 3 rings (SSSR count). The lowest BCUT2D eigenvalue weighted by Gasteiger charge is -2.09. The van der Waals surface area contributed by atoms with E-state index in [1.165, 1.54) is 0 Å². The first-order valence-corrected chi connectivity index (χ1v) is 7.46. The first-order chi connectivity index (χ1) is 11.0. The van der Waals surface area contributed by atoms with Crippen molar-refractivity contribution in [2.75, 3.05) is 5.32 Å². The highest BCUT2D eigenvalue weighted by Crippen LogP contribution is 2.23. The molecule has 0 radical (unpaired) electrons. The molecular weight excluding hydrogens is 288 g/mol. The summed E-state index contributed by atoms with van der Waals surface area (Å²) in [4.78, 5) is 12.4. The van der Waals surface area contributed by atoms with Crippen LogP contribution in [-0.4, -0.2) is 11.1 Å². The molecule has 0 atom stereocenters. The lowest BCUT2D eigenvalue weighted by molar-refractivity contribution is 0.101. The quantitative estimate of drug-likeness (QED) is 0.774. The first-order valence-electron chi connectivity index (χ1n) is 7.46. The zero-order chi connectivity index (χ0) is 16.4. The van der Waals surface area contributed by atoms with Gasteiger partial charge in [-0.05, 0) is 38.0 Å². The number of para-hydroxylation sites is 1. The molecule has 0 spiro atoms. The molecule has 0 aliphatic heterocycles. The first kappa shape index (κ1) is 15.0. The number of carbonyl (C=O) groups is 1. The Morgan fingerprint density at radius 3 is 2.39 bits per heavy atom. The Balaban J connectivity index is 1.84. The minimum absolute atomic E-state index is 0.268. The molecule has 1 aromatic heterocycles. The summed E-state index contributed by atoms with van der Waals surface area (Å²) in [6.07, 6.45) is 0. The second kappa shape index (κ2) is 6.08. The Morgan fingerprint density at radius 1 is 1.00 bits per heavy atom. The van der Waals surface area contributed by atoms with Gasteiger partial charge in [-0.15, -0.1) is 0 Å². The van der Waals surface area contributed by atoms with E-state index in [1.807, 2.05) is 63.2 Å². The SMILES string of the molecule is Cc1cccc(-c2cc(C(=O)Nc3c(C)cccc3C)no2)c1. The Bertz CT molecular complexity index is 845. The number of anilines is 1. The smallest absolute Gasteiger partial charge is 0.277 e. The molecule has 0 aliphatic rings. The topological polar surface area (TPSA) is 55.1 Å². The van der Waals surface area contributed by atoms with E-state index in [-0.39, 0.29) is 11.6 Å². The maximum atomic E-state index is 12.4. The van der Waals surface area contributed by atoms with Gasteiger partial charge in [0.05, 0.1) is 0 Å². The summed E-state index contributed by atoms with van der Waals surface area (Å²) in [5, 5.41) is 6.80. The fourth-order valence-corrected chi connectivity index (χ4v) is 2.51. The maximum Gasteiger partial charge on any atom is 0.277 e. The number of amides is 1. The van der Waals surface area contributed by atoms with Crippen LogP contribution in [0, 0.1) is 20.8 Å². The van der Waals surface area contributed by atoms with E-state index in [2.05, 4.69) is 10.5 Å². The van der Waals surface area contributed by atoms with Crippen LogP contribution in [0.1, 0.15) is 27.2 Å². The second-order valence-corrected chi connectivity index (χ2v) is 5.67. The standard InChI is InChI=1S/C19H18N2O2/c1-12-6-4-9-15(10-12)17-11-16(21-23-17)19(22)20-18-13(2)7-5-8-14(18)3/h4-11H,1-3H3,(H,20,22). The third-order valence-electron chi connectivity index (χ3n) is 3.77. The molecule has 0 saturated carbocycles. The van der Waals surface area contributed by atoms with E-state index in [0.717, 1.165) is 27.9 Å². The van der Waals surface area contributed by atoms with Crippen LogP contribution in [0.15, 0.2) is 53.1 Å². The Hall–Kier alpha value is -2.88. The monoisotopic (exact) mass is 306 g/mol. The molecule has 4 heteroatoms. The largest absolute Gasteiger partial charge is 0.355 e. The molecule has 2 aromatic carbocycles. The molecule has 0 fully saturated rings. The van der Waals surface area contributed by atoms with Gasteiger partial charge in [0.2, 0.25) is 0 Å². The minimum atomic E-state index is -0.273. The number of benzene rings is 2. The predicted molar refractivity (Wildman–Crippen MR) is 90.5 cm³/mol. The molecule has 0 aliphatic carbocycles. The summed E-state index contributed by atoms with van der Waals surface area (Å²) in [5.74, 6) is 0.311. The molecule has 116 valence electrons. The normalized spacial score (nSPS) is 10.6. The number of rotatable bonds is 3. The van der Waals surface area contributed by atoms with Crippen LogP contribution >= 0.6 is 0 Å². The van der Waals surface area contributed by atoms with Crippen molar-refractivity contribution < 1.29 is 9.32 Å². The molecule has 1 N–H and O–H groups in total. The summed E-state index contributed by atoms with van der Waals surface area (Å²) in [6.45, 7) is 5.93. The summed E-state index contributed by atoms with van der Waals surface area (Å²) in [7, 11) is 0. The number of hydrogen-bond donors (Lipinski definition) is 1. The van der Waals surface area contributed by atoms with Crippen molar-refractivity contribution in [3.8, 4) is 11.3 Å². The second-order valence-electron chi connectivity index (χ2n) is 5.67. The van der Waals surface area contributed by atoms with E-state index in [1.54, 1.807) is 6.07 Å². The highest BCUT2D eigenvalue weighted by molar-refractivity contribution is 6.04. The Labute approximate surface area is 135 Å². The van der Waals surface area contributed by atoms with Crippen LogP contribution in [0.4, 0.5) is 5.69 Å². The number of nitrogens with one attached hydrogen (secondary N) is 1. The van der Waals surface area contributed by atoms with E-state index >= 15 is 0 Å². The van der Waals surface area contributed by atoms with Gasteiger partial charge in [0, 0.05) is 17.3 Å². The van der Waals surface area contributed by atoms with Gasteiger partial charge in [0.15, 0.2) is 11.5 Å². The van der Waals surface area contributed by atoms with Gasteiger partial charge in [0.25, 0.3) is 5.91 Å². The lowest BCUT2D eigenvalue weighted by atomic mass is 10.1. The van der Waals surface area contributed by atoms with Crippen LogP contribution in [0.3, 0.4) is 0 Å².